The van der Waals surface area contributed by atoms with Gasteiger partial charge in [0.05, 0.1) is 0 Å². The zero-order valence-corrected chi connectivity index (χ0v) is 42.9. The van der Waals surface area contributed by atoms with Crippen LogP contribution in [0.15, 0.2) is 0 Å². The van der Waals surface area contributed by atoms with Crippen molar-refractivity contribution in [3.8, 4) is 0 Å². The summed E-state index contributed by atoms with van der Waals surface area (Å²) in [5.74, 6) is 0.254. The van der Waals surface area contributed by atoms with E-state index in [1.807, 2.05) is 0 Å². The molecule has 0 saturated heterocycles. The molecule has 49 heavy (non-hydrogen) atoms. The van der Waals surface area contributed by atoms with E-state index in [0.29, 0.717) is 55.8 Å². The van der Waals surface area contributed by atoms with Gasteiger partial charge in [0.2, 0.25) is 0 Å². The van der Waals surface area contributed by atoms with E-state index in [-0.39, 0.29) is 23.8 Å². The van der Waals surface area contributed by atoms with Gasteiger partial charge < -0.3 is 58.0 Å². The summed E-state index contributed by atoms with van der Waals surface area (Å²) in [7, 11) is 12.7. The summed E-state index contributed by atoms with van der Waals surface area (Å²) in [5, 5.41) is 0. The van der Waals surface area contributed by atoms with Gasteiger partial charge in [-0.1, -0.05) is 0 Å². The Labute approximate surface area is 295 Å². The molecule has 14 nitrogen and oxygen atoms in total. The number of nitrogens with zero attached hydrogens (tertiary/aromatic N) is 1. The summed E-state index contributed by atoms with van der Waals surface area (Å²) in [5.41, 5.74) is 0. The van der Waals surface area contributed by atoms with E-state index in [9.17, 15) is 4.79 Å². The van der Waals surface area contributed by atoms with Crippen molar-refractivity contribution in [3.63, 3.8) is 0 Å². The summed E-state index contributed by atoms with van der Waals surface area (Å²) in [6.07, 6.45) is 6.04. The van der Waals surface area contributed by atoms with Gasteiger partial charge in [0.1, 0.15) is 0 Å². The number of rotatable bonds is 28. The van der Waals surface area contributed by atoms with Crippen molar-refractivity contribution in [1.82, 2.24) is 4.90 Å². The van der Waals surface area contributed by atoms with Crippen molar-refractivity contribution in [2.45, 2.75) is 81.6 Å². The quantitative estimate of drug-likeness (QED) is 0.0809. The molecule has 1 rings (SSSR count). The van der Waals surface area contributed by atoms with E-state index in [1.54, 1.807) is 90.2 Å². The molecule has 0 aromatic carbocycles. The first-order valence-corrected chi connectivity index (χ1v) is 24.4. The average molecular weight is 1030 g/mol. The van der Waals surface area contributed by atoms with Gasteiger partial charge in [0, 0.05) is 121 Å². The van der Waals surface area contributed by atoms with E-state index in [4.69, 9.17) is 53.1 Å². The minimum Gasteiger partial charge on any atom is -0.493 e. The molecule has 0 radical (unpaired) electrons. The summed E-state index contributed by atoms with van der Waals surface area (Å²) < 4.78 is 68.2. The number of amides is 1. The Kier molecular flexibility index (Phi) is 22.9. The third-order valence-corrected chi connectivity index (χ3v) is 21.5. The molecule has 0 spiro atoms. The SMILES string of the molecule is [CH2-]N(C(=O)C(CCC[Si](OC)(OC)OC)CCC[Si](OC)(OC)OC)C1CC(CC[Si](OC)(OC)OC)CC1CC[Si](OC)(OC)OC.[Rf]. The van der Waals surface area contributed by atoms with Gasteiger partial charge >= 0.3 is 35.2 Å². The van der Waals surface area contributed by atoms with Gasteiger partial charge in [0.25, 0.3) is 0 Å². The maximum Gasteiger partial charge on any atom is 0.500 e. The number of carbonyl (C=O) groups excluding carboxylic acids is 1. The molecule has 0 aromatic rings. The van der Waals surface area contributed by atoms with Crippen molar-refractivity contribution >= 4 is 41.1 Å². The minimum atomic E-state index is -2.82. The first kappa shape index (κ1) is 47.9. The summed E-state index contributed by atoms with van der Waals surface area (Å²) >= 11 is 0. The zero-order chi connectivity index (χ0) is 36.4. The molecule has 0 aromatic heterocycles. The largest absolute Gasteiger partial charge is 0.500 e. The number of carbonyl (C=O) groups is 1. The molecule has 1 aliphatic carbocycles. The van der Waals surface area contributed by atoms with Crippen molar-refractivity contribution in [1.29, 1.82) is 0 Å². The second-order valence-corrected chi connectivity index (χ2v) is 24.6. The molecule has 3 unspecified atom stereocenters. The van der Waals surface area contributed by atoms with Gasteiger partial charge in [-0.15, -0.1) is 0 Å². The first-order valence-electron chi connectivity index (χ1n) is 16.7. The first-order chi connectivity index (χ1) is 22.9. The van der Waals surface area contributed by atoms with Crippen LogP contribution in [-0.4, -0.2) is 137 Å². The van der Waals surface area contributed by atoms with Crippen molar-refractivity contribution in [3.05, 3.63) is 7.05 Å². The monoisotopic (exact) mass is 1030 g/mol. The fourth-order valence-corrected chi connectivity index (χ4v) is 14.2. The van der Waals surface area contributed by atoms with E-state index in [2.05, 4.69) is 7.05 Å². The van der Waals surface area contributed by atoms with Crippen molar-refractivity contribution < 1.29 is 57.9 Å². The van der Waals surface area contributed by atoms with Crippen LogP contribution in [0.5, 0.6) is 0 Å². The van der Waals surface area contributed by atoms with Crippen molar-refractivity contribution in [2.24, 2.45) is 17.8 Å². The van der Waals surface area contributed by atoms with Gasteiger partial charge in [0.15, 0.2) is 5.91 Å². The molecule has 0 heterocycles. The molecule has 1 fully saturated rings. The van der Waals surface area contributed by atoms with Crippen LogP contribution in [0.2, 0.25) is 24.2 Å². The molecule has 0 bridgehead atoms. The van der Waals surface area contributed by atoms with Gasteiger partial charge in [-0.2, -0.15) is 0 Å². The fraction of sp³-hybridized carbons (Fsp3) is 0.933. The van der Waals surface area contributed by atoms with Crippen LogP contribution >= 0.6 is 0 Å². The maximum atomic E-state index is 14.4. The van der Waals surface area contributed by atoms with Gasteiger partial charge in [-0.25, -0.2) is 0 Å². The standard InChI is InChI=1S/C30H66NO13Si4.Rf/c1-31(30(32)27(16-14-20-45(33-2,34-3)35-4)17-15-21-46(36-5,37-6)38-7)29-25-26(18-22-47(39-8,40-9)41-10)24-28(29)19-23-48(42-11,43-12)44-13;/h26-29H,1,14-25H2,2-13H3;/q-1;. The fourth-order valence-electron chi connectivity index (χ4n) is 7.03. The van der Waals surface area contributed by atoms with E-state index < -0.39 is 35.2 Å². The van der Waals surface area contributed by atoms with Crippen LogP contribution in [-0.2, 0) is 57.9 Å². The average Bonchev–Trinajstić information content (AvgIpc) is 3.55. The Morgan fingerprint density at radius 3 is 1.24 bits per heavy atom. The topological polar surface area (TPSA) is 131 Å². The molecule has 3 atom stereocenters. The third-order valence-electron chi connectivity index (χ3n) is 10.3. The van der Waals surface area contributed by atoms with Crippen LogP contribution in [0, 0.1) is 24.8 Å². The predicted octanol–water partition coefficient (Wildman–Crippen LogP) is 4.47. The Morgan fingerprint density at radius 2 is 0.898 bits per heavy atom. The number of hydrogen-bond donors (Lipinski definition) is 0. The third kappa shape index (κ3) is 13.1. The van der Waals surface area contributed by atoms with Gasteiger partial charge in [-0.05, 0) is 63.2 Å². The molecule has 1 amide bonds. The van der Waals surface area contributed by atoms with E-state index >= 15 is 0 Å². The normalized spacial score (nSPS) is 19.0. The van der Waals surface area contributed by atoms with E-state index in [1.165, 1.54) is 0 Å². The molecule has 288 valence electrons. The Bertz CT molecular complexity index is 828. The van der Waals surface area contributed by atoms with Gasteiger partial charge in [-0.3, -0.25) is 11.8 Å². The van der Waals surface area contributed by atoms with Crippen LogP contribution in [0.4, 0.5) is 0 Å². The second-order valence-electron chi connectivity index (χ2n) is 12.2. The Hall–Kier alpha value is -1.14. The smallest absolute Gasteiger partial charge is 0.493 e. The molecule has 19 heteroatoms. The van der Waals surface area contributed by atoms with Crippen LogP contribution in [0.1, 0.15) is 51.4 Å². The maximum absolute atomic E-state index is 14.4. The molecule has 0 N–H and O–H groups in total. The number of hydrogen-bond acceptors (Lipinski definition) is 13. The summed E-state index contributed by atoms with van der Waals surface area (Å²) in [4.78, 5) is 16.2. The van der Waals surface area contributed by atoms with Crippen LogP contribution < -0.4 is 0 Å². The molecule has 1 saturated carbocycles. The summed E-state index contributed by atoms with van der Waals surface area (Å²) in [6, 6.07) is 2.45. The predicted molar refractivity (Wildman–Crippen MR) is 190 cm³/mol. The molecular formula is C30H66NO13RfSi4-. The molecule has 0 aliphatic heterocycles. The van der Waals surface area contributed by atoms with E-state index in [0.717, 1.165) is 25.7 Å². The Balaban J connectivity index is 0.0000230. The molecule has 1 aliphatic rings. The Morgan fingerprint density at radius 1 is 0.571 bits per heavy atom. The molecular weight excluding hydrogens is 962 g/mol. The van der Waals surface area contributed by atoms with Crippen LogP contribution in [0.3, 0.4) is 0 Å². The summed E-state index contributed by atoms with van der Waals surface area (Å²) in [6.45, 7) is 0. The van der Waals surface area contributed by atoms with Crippen molar-refractivity contribution in [2.75, 3.05) is 85.3 Å². The second kappa shape index (κ2) is 23.4. The minimum absolute atomic E-state index is 0. The van der Waals surface area contributed by atoms with Crippen LogP contribution in [0.25, 0.3) is 0 Å². The zero-order valence-electron chi connectivity index (χ0n) is 32.5.